The fourth-order valence-electron chi connectivity index (χ4n) is 2.60. The number of hydrogen-bond acceptors (Lipinski definition) is 4. The zero-order chi connectivity index (χ0) is 20.8. The number of amidine groups is 1. The maximum Gasteiger partial charge on any atom is 0.302 e. The number of rotatable bonds is 7. The van der Waals surface area contributed by atoms with E-state index in [1.807, 2.05) is 0 Å². The third-order valence-electron chi connectivity index (χ3n) is 3.89. The number of carbonyl (C=O) groups excluding carboxylic acids is 2. The van der Waals surface area contributed by atoms with Gasteiger partial charge in [-0.25, -0.2) is 13.2 Å². The molecule has 0 radical (unpaired) electrons. The van der Waals surface area contributed by atoms with Crippen molar-refractivity contribution in [3.05, 3.63) is 64.5 Å². The molecular weight excluding hydrogens is 373 g/mol. The van der Waals surface area contributed by atoms with Crippen molar-refractivity contribution in [3.8, 4) is 0 Å². The van der Waals surface area contributed by atoms with Gasteiger partial charge in [0.15, 0.2) is 5.78 Å². The van der Waals surface area contributed by atoms with Crippen LogP contribution in [0.4, 0.5) is 18.9 Å². The van der Waals surface area contributed by atoms with Gasteiger partial charge in [-0.3, -0.25) is 15.0 Å². The van der Waals surface area contributed by atoms with Crippen LogP contribution in [-0.4, -0.2) is 24.2 Å². The lowest BCUT2D eigenvalue weighted by molar-refractivity contribution is -0.140. The van der Waals surface area contributed by atoms with Crippen molar-refractivity contribution >= 4 is 23.3 Å². The number of Topliss-reactive ketones (excluding diaryl/α,β-unsaturated/α-hetero) is 1. The number of esters is 1. The molecule has 2 aromatic carbocycles. The molecule has 2 N–H and O–H groups in total. The molecule has 5 nitrogen and oxygen atoms in total. The van der Waals surface area contributed by atoms with Crippen LogP contribution >= 0.6 is 0 Å². The van der Waals surface area contributed by atoms with E-state index >= 15 is 0 Å². The largest absolute Gasteiger partial charge is 0.466 e. The Morgan fingerprint density at radius 2 is 1.82 bits per heavy atom. The fraction of sp³-hybridized carbons (Fsp3) is 0.250. The molecule has 0 spiro atoms. The molecule has 0 saturated heterocycles. The van der Waals surface area contributed by atoms with Crippen LogP contribution in [0.1, 0.15) is 34.8 Å². The van der Waals surface area contributed by atoms with Crippen LogP contribution in [0.15, 0.2) is 30.3 Å². The molecule has 0 atom stereocenters. The van der Waals surface area contributed by atoms with Gasteiger partial charge in [0.05, 0.1) is 24.3 Å². The van der Waals surface area contributed by atoms with E-state index in [2.05, 4.69) is 5.32 Å². The van der Waals surface area contributed by atoms with Gasteiger partial charge in [-0.05, 0) is 36.2 Å². The Labute approximate surface area is 160 Å². The van der Waals surface area contributed by atoms with Crippen molar-refractivity contribution < 1.29 is 27.5 Å². The van der Waals surface area contributed by atoms with Crippen molar-refractivity contribution in [2.24, 2.45) is 0 Å². The summed E-state index contributed by atoms with van der Waals surface area (Å²) in [6, 6.07) is 5.45. The summed E-state index contributed by atoms with van der Waals surface area (Å²) in [6.45, 7) is 3.02. The number of nitrogens with one attached hydrogen (secondary N) is 2. The summed E-state index contributed by atoms with van der Waals surface area (Å²) in [5.74, 6) is -3.95. The Kier molecular flexibility index (Phi) is 6.92. The van der Waals surface area contributed by atoms with E-state index in [9.17, 15) is 22.8 Å². The highest BCUT2D eigenvalue weighted by Gasteiger charge is 2.16. The predicted octanol–water partition coefficient (Wildman–Crippen LogP) is 4.18. The highest BCUT2D eigenvalue weighted by atomic mass is 19.1. The molecule has 8 heteroatoms. The average Bonchev–Trinajstić information content (AvgIpc) is 2.57. The van der Waals surface area contributed by atoms with E-state index in [1.165, 1.54) is 13.0 Å². The topological polar surface area (TPSA) is 79.2 Å². The molecule has 0 aromatic heterocycles. The molecule has 0 aliphatic rings. The summed E-state index contributed by atoms with van der Waals surface area (Å²) in [5.41, 5.74) is 0.778. The Morgan fingerprint density at radius 3 is 2.43 bits per heavy atom. The van der Waals surface area contributed by atoms with E-state index in [0.29, 0.717) is 23.6 Å². The molecule has 0 aliphatic heterocycles. The molecule has 0 heterocycles. The first-order valence-corrected chi connectivity index (χ1v) is 8.42. The molecular formula is C20H19F3N2O3. The summed E-state index contributed by atoms with van der Waals surface area (Å²) in [4.78, 5) is 22.9. The van der Waals surface area contributed by atoms with Crippen LogP contribution in [0.5, 0.6) is 0 Å². The van der Waals surface area contributed by atoms with E-state index < -0.39 is 35.6 Å². The molecule has 2 rings (SSSR count). The van der Waals surface area contributed by atoms with Crippen molar-refractivity contribution in [3.63, 3.8) is 0 Å². The third kappa shape index (κ3) is 5.67. The van der Waals surface area contributed by atoms with Gasteiger partial charge in [0.1, 0.15) is 23.3 Å². The zero-order valence-corrected chi connectivity index (χ0v) is 15.4. The smallest absolute Gasteiger partial charge is 0.302 e. The van der Waals surface area contributed by atoms with Gasteiger partial charge in [-0.2, -0.15) is 0 Å². The van der Waals surface area contributed by atoms with Gasteiger partial charge in [0.2, 0.25) is 0 Å². The maximum absolute atomic E-state index is 14.4. The van der Waals surface area contributed by atoms with Crippen LogP contribution < -0.4 is 5.32 Å². The number of anilines is 1. The van der Waals surface area contributed by atoms with Gasteiger partial charge in [0.25, 0.3) is 0 Å². The number of halogens is 3. The van der Waals surface area contributed by atoms with E-state index in [-0.39, 0.29) is 23.7 Å². The van der Waals surface area contributed by atoms with E-state index in [4.69, 9.17) is 10.1 Å². The molecule has 0 saturated carbocycles. The summed E-state index contributed by atoms with van der Waals surface area (Å²) in [5, 5.41) is 10.4. The molecule has 28 heavy (non-hydrogen) atoms. The maximum atomic E-state index is 14.4. The number of ether oxygens (including phenoxy) is 1. The van der Waals surface area contributed by atoms with Gasteiger partial charge >= 0.3 is 5.97 Å². The molecule has 0 aliphatic carbocycles. The number of carbonyl (C=O) groups is 2. The van der Waals surface area contributed by atoms with Crippen LogP contribution in [0, 0.1) is 29.8 Å². The normalized spacial score (nSPS) is 10.5. The standard InChI is InChI=1S/C20H19F3N2O3/c1-11-7-13(5-6-28-12(2)26)8-17(23)20(11)25-19(24)10-18(27)15-4-3-14(21)9-16(15)22/h3-4,7-9H,5-6,10H2,1-2H3,(H2,24,25). The molecule has 0 unspecified atom stereocenters. The Morgan fingerprint density at radius 1 is 1.11 bits per heavy atom. The summed E-state index contributed by atoms with van der Waals surface area (Å²) >= 11 is 0. The second kappa shape index (κ2) is 9.16. The van der Waals surface area contributed by atoms with Gasteiger partial charge in [-0.1, -0.05) is 6.07 Å². The second-order valence-electron chi connectivity index (χ2n) is 6.19. The van der Waals surface area contributed by atoms with E-state index in [0.717, 1.165) is 12.1 Å². The lowest BCUT2D eigenvalue weighted by Crippen LogP contribution is -2.18. The minimum absolute atomic E-state index is 0.0219. The van der Waals surface area contributed by atoms with Gasteiger partial charge in [-0.15, -0.1) is 0 Å². The highest BCUT2D eigenvalue weighted by molar-refractivity contribution is 6.12. The van der Waals surface area contributed by atoms with Crippen LogP contribution in [0.3, 0.4) is 0 Å². The quantitative estimate of drug-likeness (QED) is 0.321. The van der Waals surface area contributed by atoms with Gasteiger partial charge in [0, 0.05) is 19.4 Å². The Hall–Kier alpha value is -3.16. The van der Waals surface area contributed by atoms with E-state index in [1.54, 1.807) is 13.0 Å². The van der Waals surface area contributed by atoms with Crippen LogP contribution in [-0.2, 0) is 16.0 Å². The fourth-order valence-corrected chi connectivity index (χ4v) is 2.60. The number of hydrogen-bond donors (Lipinski definition) is 2. The average molecular weight is 392 g/mol. The minimum Gasteiger partial charge on any atom is -0.466 e. The SMILES string of the molecule is CC(=O)OCCc1cc(C)c(NC(=N)CC(=O)c2ccc(F)cc2F)c(F)c1. The molecule has 0 bridgehead atoms. The first-order valence-electron chi connectivity index (χ1n) is 8.42. The van der Waals surface area contributed by atoms with Crippen molar-refractivity contribution in [2.75, 3.05) is 11.9 Å². The third-order valence-corrected chi connectivity index (χ3v) is 3.89. The Balaban J connectivity index is 2.04. The predicted molar refractivity (Wildman–Crippen MR) is 98.1 cm³/mol. The zero-order valence-electron chi connectivity index (χ0n) is 15.4. The number of aryl methyl sites for hydroxylation is 1. The van der Waals surface area contributed by atoms with Crippen LogP contribution in [0.2, 0.25) is 0 Å². The summed E-state index contributed by atoms with van der Waals surface area (Å²) in [6.07, 6.45) is -0.174. The monoisotopic (exact) mass is 392 g/mol. The first kappa shape index (κ1) is 21.1. The van der Waals surface area contributed by atoms with Crippen LogP contribution in [0.25, 0.3) is 0 Å². The lowest BCUT2D eigenvalue weighted by atomic mass is 10.0. The molecule has 0 fully saturated rings. The van der Waals surface area contributed by atoms with Crippen molar-refractivity contribution in [1.82, 2.24) is 0 Å². The summed E-state index contributed by atoms with van der Waals surface area (Å²) in [7, 11) is 0. The lowest BCUT2D eigenvalue weighted by Gasteiger charge is -2.13. The second-order valence-corrected chi connectivity index (χ2v) is 6.19. The minimum atomic E-state index is -1.02. The highest BCUT2D eigenvalue weighted by Crippen LogP contribution is 2.22. The Bertz CT molecular complexity index is 906. The molecule has 2 aromatic rings. The number of ketones is 1. The first-order chi connectivity index (χ1) is 13.2. The van der Waals surface area contributed by atoms with Crippen molar-refractivity contribution in [1.29, 1.82) is 5.41 Å². The molecule has 0 amide bonds. The number of benzene rings is 2. The van der Waals surface area contributed by atoms with Crippen molar-refractivity contribution in [2.45, 2.75) is 26.7 Å². The summed E-state index contributed by atoms with van der Waals surface area (Å²) < 4.78 is 45.8. The van der Waals surface area contributed by atoms with Gasteiger partial charge < -0.3 is 10.1 Å². The molecule has 148 valence electrons.